The molecular weight excluding hydrogens is 286 g/mol. The molecule has 0 aliphatic carbocycles. The Bertz CT molecular complexity index is 784. The summed E-state index contributed by atoms with van der Waals surface area (Å²) in [5.41, 5.74) is 2.69. The molecule has 1 heterocycles. The number of ether oxygens (including phenoxy) is 1. The maximum atomic E-state index is 12.8. The summed E-state index contributed by atoms with van der Waals surface area (Å²) < 4.78 is 32.3. The lowest BCUT2D eigenvalue weighted by atomic mass is 10.1. The number of sulfonamides is 1. The van der Waals surface area contributed by atoms with Crippen LogP contribution in [0.1, 0.15) is 11.1 Å². The van der Waals surface area contributed by atoms with Crippen LogP contribution in [0.3, 0.4) is 0 Å². The number of hydrogen-bond acceptors (Lipinski definition) is 3. The Labute approximate surface area is 125 Å². The molecule has 0 bridgehead atoms. The fourth-order valence-electron chi connectivity index (χ4n) is 2.63. The maximum absolute atomic E-state index is 12.8. The van der Waals surface area contributed by atoms with Crippen LogP contribution in [-0.2, 0) is 16.4 Å². The predicted molar refractivity (Wildman–Crippen MR) is 82.4 cm³/mol. The topological polar surface area (TPSA) is 46.6 Å². The van der Waals surface area contributed by atoms with E-state index in [9.17, 15) is 8.42 Å². The Morgan fingerprint density at radius 1 is 1.14 bits per heavy atom. The van der Waals surface area contributed by atoms with Gasteiger partial charge in [-0.25, -0.2) is 8.42 Å². The molecule has 5 heteroatoms. The highest BCUT2D eigenvalue weighted by atomic mass is 32.2. The Balaban J connectivity index is 2.04. The summed E-state index contributed by atoms with van der Waals surface area (Å²) in [4.78, 5) is 0.339. The first kappa shape index (κ1) is 13.9. The Morgan fingerprint density at radius 3 is 2.67 bits per heavy atom. The number of anilines is 1. The minimum Gasteiger partial charge on any atom is -0.497 e. The van der Waals surface area contributed by atoms with E-state index in [0.29, 0.717) is 17.9 Å². The molecule has 3 rings (SSSR count). The second-order valence-electron chi connectivity index (χ2n) is 5.14. The Morgan fingerprint density at radius 2 is 1.95 bits per heavy atom. The second kappa shape index (κ2) is 5.07. The zero-order valence-electron chi connectivity index (χ0n) is 12.0. The molecule has 0 atom stereocenters. The fourth-order valence-corrected chi connectivity index (χ4v) is 4.24. The van der Waals surface area contributed by atoms with E-state index >= 15 is 0 Å². The highest BCUT2D eigenvalue weighted by Crippen LogP contribution is 2.35. The van der Waals surface area contributed by atoms with Crippen LogP contribution in [0.4, 0.5) is 5.69 Å². The molecular formula is C16H17NO3S. The van der Waals surface area contributed by atoms with Gasteiger partial charge in [-0.15, -0.1) is 0 Å². The normalized spacial score (nSPS) is 14.1. The summed E-state index contributed by atoms with van der Waals surface area (Å²) >= 11 is 0. The van der Waals surface area contributed by atoms with E-state index < -0.39 is 10.0 Å². The third-order valence-electron chi connectivity index (χ3n) is 3.72. The SMILES string of the molecule is COc1ccc2c(c1)CCN2S(=O)(=O)c1cccc(C)c1. The van der Waals surface area contributed by atoms with Crippen molar-refractivity contribution in [2.45, 2.75) is 18.2 Å². The van der Waals surface area contributed by atoms with Crippen molar-refractivity contribution in [1.29, 1.82) is 0 Å². The largest absolute Gasteiger partial charge is 0.497 e. The number of aryl methyl sites for hydroxylation is 1. The van der Waals surface area contributed by atoms with Crippen LogP contribution in [0.2, 0.25) is 0 Å². The quantitative estimate of drug-likeness (QED) is 0.876. The first-order valence-corrected chi connectivity index (χ1v) is 8.23. The van der Waals surface area contributed by atoms with Gasteiger partial charge in [0.1, 0.15) is 5.75 Å². The number of hydrogen-bond donors (Lipinski definition) is 0. The van der Waals surface area contributed by atoms with E-state index in [4.69, 9.17) is 4.74 Å². The summed E-state index contributed by atoms with van der Waals surface area (Å²) in [7, 11) is -1.89. The van der Waals surface area contributed by atoms with Gasteiger partial charge in [-0.2, -0.15) is 0 Å². The van der Waals surface area contributed by atoms with Gasteiger partial charge in [0.05, 0.1) is 17.7 Å². The van der Waals surface area contributed by atoms with Crippen molar-refractivity contribution in [2.24, 2.45) is 0 Å². The van der Waals surface area contributed by atoms with E-state index in [1.165, 1.54) is 4.31 Å². The third-order valence-corrected chi connectivity index (χ3v) is 5.53. The Kier molecular flexibility index (Phi) is 3.37. The fraction of sp³-hybridized carbons (Fsp3) is 0.250. The van der Waals surface area contributed by atoms with Crippen molar-refractivity contribution in [3.05, 3.63) is 53.6 Å². The summed E-state index contributed by atoms with van der Waals surface area (Å²) in [6.07, 6.45) is 0.706. The van der Waals surface area contributed by atoms with Crippen molar-refractivity contribution in [1.82, 2.24) is 0 Å². The van der Waals surface area contributed by atoms with E-state index in [2.05, 4.69) is 0 Å². The number of benzene rings is 2. The van der Waals surface area contributed by atoms with Crippen molar-refractivity contribution >= 4 is 15.7 Å². The minimum atomic E-state index is -3.50. The van der Waals surface area contributed by atoms with Gasteiger partial charge < -0.3 is 4.74 Å². The number of nitrogens with zero attached hydrogens (tertiary/aromatic N) is 1. The number of methoxy groups -OCH3 is 1. The molecule has 0 aromatic heterocycles. The van der Waals surface area contributed by atoms with Crippen molar-refractivity contribution in [3.63, 3.8) is 0 Å². The molecule has 2 aromatic carbocycles. The molecule has 0 spiro atoms. The molecule has 1 aliphatic heterocycles. The van der Waals surface area contributed by atoms with Crippen molar-refractivity contribution < 1.29 is 13.2 Å². The van der Waals surface area contributed by atoms with Gasteiger partial charge in [0.25, 0.3) is 10.0 Å². The molecule has 0 saturated heterocycles. The number of fused-ring (bicyclic) bond motifs is 1. The van der Waals surface area contributed by atoms with Crippen LogP contribution in [0.15, 0.2) is 47.4 Å². The van der Waals surface area contributed by atoms with Gasteiger partial charge in [-0.1, -0.05) is 12.1 Å². The zero-order chi connectivity index (χ0) is 15.0. The van der Waals surface area contributed by atoms with Crippen LogP contribution in [0.5, 0.6) is 5.75 Å². The minimum absolute atomic E-state index is 0.339. The zero-order valence-corrected chi connectivity index (χ0v) is 12.9. The molecule has 21 heavy (non-hydrogen) atoms. The smallest absolute Gasteiger partial charge is 0.264 e. The molecule has 4 nitrogen and oxygen atoms in total. The molecule has 0 fully saturated rings. The van der Waals surface area contributed by atoms with Crippen molar-refractivity contribution in [3.8, 4) is 5.75 Å². The average molecular weight is 303 g/mol. The van der Waals surface area contributed by atoms with Gasteiger partial charge in [0.15, 0.2) is 0 Å². The van der Waals surface area contributed by atoms with Crippen LogP contribution in [-0.4, -0.2) is 22.1 Å². The van der Waals surface area contributed by atoms with Gasteiger partial charge in [-0.05, 0) is 54.8 Å². The average Bonchev–Trinajstić information content (AvgIpc) is 2.90. The van der Waals surface area contributed by atoms with E-state index in [1.54, 1.807) is 31.4 Å². The number of rotatable bonds is 3. The van der Waals surface area contributed by atoms with Gasteiger partial charge in [0, 0.05) is 6.54 Å². The first-order chi connectivity index (χ1) is 10.0. The lowest BCUT2D eigenvalue weighted by Crippen LogP contribution is -2.29. The predicted octanol–water partition coefficient (Wildman–Crippen LogP) is 2.76. The summed E-state index contributed by atoms with van der Waals surface area (Å²) in [6.45, 7) is 2.36. The van der Waals surface area contributed by atoms with Crippen LogP contribution in [0, 0.1) is 6.92 Å². The van der Waals surface area contributed by atoms with Gasteiger partial charge in [0.2, 0.25) is 0 Å². The standard InChI is InChI=1S/C16H17NO3S/c1-12-4-3-5-15(10-12)21(18,19)17-9-8-13-11-14(20-2)6-7-16(13)17/h3-7,10-11H,8-9H2,1-2H3. The monoisotopic (exact) mass is 303 g/mol. The molecule has 1 aliphatic rings. The van der Waals surface area contributed by atoms with E-state index in [0.717, 1.165) is 22.6 Å². The van der Waals surface area contributed by atoms with Crippen LogP contribution >= 0.6 is 0 Å². The first-order valence-electron chi connectivity index (χ1n) is 6.79. The molecule has 2 aromatic rings. The Hall–Kier alpha value is -2.01. The second-order valence-corrected chi connectivity index (χ2v) is 7.00. The van der Waals surface area contributed by atoms with Crippen LogP contribution < -0.4 is 9.04 Å². The molecule has 110 valence electrons. The molecule has 0 amide bonds. The van der Waals surface area contributed by atoms with E-state index in [-0.39, 0.29) is 0 Å². The summed E-state index contributed by atoms with van der Waals surface area (Å²) in [5.74, 6) is 0.753. The van der Waals surface area contributed by atoms with Crippen molar-refractivity contribution in [2.75, 3.05) is 18.0 Å². The van der Waals surface area contributed by atoms with Gasteiger partial charge in [-0.3, -0.25) is 4.31 Å². The third kappa shape index (κ3) is 2.38. The van der Waals surface area contributed by atoms with E-state index in [1.807, 2.05) is 25.1 Å². The highest BCUT2D eigenvalue weighted by molar-refractivity contribution is 7.92. The van der Waals surface area contributed by atoms with Gasteiger partial charge >= 0.3 is 0 Å². The lowest BCUT2D eigenvalue weighted by molar-refractivity contribution is 0.414. The molecule has 0 unspecified atom stereocenters. The molecule has 0 saturated carbocycles. The summed E-state index contributed by atoms with van der Waals surface area (Å²) in [6, 6.07) is 12.5. The maximum Gasteiger partial charge on any atom is 0.264 e. The molecule has 0 radical (unpaired) electrons. The van der Waals surface area contributed by atoms with Crippen LogP contribution in [0.25, 0.3) is 0 Å². The summed E-state index contributed by atoms with van der Waals surface area (Å²) in [5, 5.41) is 0. The lowest BCUT2D eigenvalue weighted by Gasteiger charge is -2.20. The molecule has 0 N–H and O–H groups in total. The highest BCUT2D eigenvalue weighted by Gasteiger charge is 2.31.